The van der Waals surface area contributed by atoms with E-state index in [-0.39, 0.29) is 18.9 Å². The van der Waals surface area contributed by atoms with Crippen LogP contribution in [0.25, 0.3) is 0 Å². The second-order valence-corrected chi connectivity index (χ2v) is 3.07. The van der Waals surface area contributed by atoms with Gasteiger partial charge < -0.3 is 4.98 Å². The molecule has 3 heteroatoms. The van der Waals surface area contributed by atoms with Crippen LogP contribution in [0.5, 0.6) is 0 Å². The number of rotatable bonds is 0. The maximum absolute atomic E-state index is 5.82. The smallest absolute Gasteiger partial charge is 0.306 e. The van der Waals surface area contributed by atoms with Crippen LogP contribution in [-0.4, -0.2) is 4.98 Å². The van der Waals surface area contributed by atoms with Crippen molar-refractivity contribution < 1.29 is 18.9 Å². The first kappa shape index (κ1) is 11.9. The third-order valence-corrected chi connectivity index (χ3v) is 2.39. The zero-order valence-electron chi connectivity index (χ0n) is 8.03. The molecule has 0 amide bonds. The van der Waals surface area contributed by atoms with Crippen LogP contribution >= 0.6 is 11.6 Å². The fourth-order valence-corrected chi connectivity index (χ4v) is 1.22. The number of aromatic nitrogens is 1. The second-order valence-electron chi connectivity index (χ2n) is 2.72. The van der Waals surface area contributed by atoms with Crippen LogP contribution in [0.15, 0.2) is 0 Å². The Morgan fingerprint density at radius 3 is 2.17 bits per heavy atom. The van der Waals surface area contributed by atoms with E-state index in [4.69, 9.17) is 11.6 Å². The predicted octanol–water partition coefficient (Wildman–Crippen LogP) is -0.154. The van der Waals surface area contributed by atoms with E-state index in [0.29, 0.717) is 5.15 Å². The molecule has 0 fully saturated rings. The molecule has 0 saturated carbocycles. The molecule has 1 heterocycles. The monoisotopic (exact) mass is 175 g/mol. The van der Waals surface area contributed by atoms with Gasteiger partial charge in [-0.15, -0.1) is 17.2 Å². The summed E-state index contributed by atoms with van der Waals surface area (Å²) in [5.41, 5.74) is 4.15. The Labute approximate surface area is 90.7 Å². The Morgan fingerprint density at radius 2 is 1.67 bits per heavy atom. The summed E-state index contributed by atoms with van der Waals surface area (Å²) in [4.78, 5) is 4.14. The number of halogens is 1. The minimum atomic E-state index is 0. The maximum Gasteiger partial charge on any atom is 1.00 e. The summed E-state index contributed by atoms with van der Waals surface area (Å²) in [6.07, 6.45) is 0. The molecule has 1 aromatic heterocycles. The molecule has 1 aromatic rings. The fraction of sp³-hybridized carbons (Fsp3) is 0.333. The second kappa shape index (κ2) is 4.23. The Morgan fingerprint density at radius 1 is 1.17 bits per heavy atom. The molecule has 12 heavy (non-hydrogen) atoms. The van der Waals surface area contributed by atoms with Crippen molar-refractivity contribution in [3.63, 3.8) is 0 Å². The first-order valence-corrected chi connectivity index (χ1v) is 3.87. The van der Waals surface area contributed by atoms with E-state index in [1.54, 1.807) is 0 Å². The van der Waals surface area contributed by atoms with Gasteiger partial charge in [0.05, 0.1) is 0 Å². The van der Waals surface area contributed by atoms with E-state index < -0.39 is 0 Å². The van der Waals surface area contributed by atoms with Crippen LogP contribution in [0.4, 0.5) is 0 Å². The molecular weight excluding hydrogens is 164 g/mol. The molecule has 0 aliphatic carbocycles. The third kappa shape index (κ3) is 1.98. The van der Waals surface area contributed by atoms with E-state index in [1.807, 2.05) is 20.8 Å². The van der Waals surface area contributed by atoms with Gasteiger partial charge in [-0.1, -0.05) is 12.5 Å². The van der Waals surface area contributed by atoms with Crippen LogP contribution in [0.1, 0.15) is 22.4 Å². The van der Waals surface area contributed by atoms with Crippen molar-refractivity contribution in [1.29, 1.82) is 0 Å². The van der Waals surface area contributed by atoms with Crippen molar-refractivity contribution in [2.24, 2.45) is 0 Å². The molecule has 0 radical (unpaired) electrons. The molecule has 0 N–H and O–H groups in total. The van der Waals surface area contributed by atoms with Crippen molar-refractivity contribution in [3.05, 3.63) is 34.5 Å². The molecule has 60 valence electrons. The summed E-state index contributed by atoms with van der Waals surface area (Å²) in [6.45, 7) is 9.82. The van der Waals surface area contributed by atoms with E-state index in [0.717, 1.165) is 16.8 Å². The molecule has 0 aliphatic rings. The molecule has 0 unspecified atom stereocenters. The number of aryl methyl sites for hydroxylation is 1. The third-order valence-electron chi connectivity index (χ3n) is 2.07. The van der Waals surface area contributed by atoms with Crippen LogP contribution < -0.4 is 18.9 Å². The van der Waals surface area contributed by atoms with Crippen LogP contribution in [-0.2, 0) is 0 Å². The number of pyridine rings is 1. The average molecular weight is 176 g/mol. The first-order valence-electron chi connectivity index (χ1n) is 3.49. The van der Waals surface area contributed by atoms with Crippen molar-refractivity contribution >= 4 is 11.6 Å². The number of hydrogen-bond acceptors (Lipinski definition) is 1. The first-order chi connectivity index (χ1) is 5.04. The largest absolute Gasteiger partial charge is 1.00 e. The minimum absolute atomic E-state index is 0. The molecule has 0 aromatic carbocycles. The number of nitrogens with zero attached hydrogens (tertiary/aromatic N) is 1. The number of hydrogen-bond donors (Lipinski definition) is 0. The molecule has 1 rings (SSSR count). The van der Waals surface area contributed by atoms with Gasteiger partial charge in [-0.25, -0.2) is 0 Å². The summed E-state index contributed by atoms with van der Waals surface area (Å²) in [5.74, 6) is 0. The predicted molar refractivity (Wildman–Crippen MR) is 47.9 cm³/mol. The molecule has 0 bridgehead atoms. The van der Waals surface area contributed by atoms with E-state index in [2.05, 4.69) is 11.9 Å². The quantitative estimate of drug-likeness (QED) is 0.304. The van der Waals surface area contributed by atoms with Gasteiger partial charge in [0.2, 0.25) is 0 Å². The standard InChI is InChI=1S/C9H11ClN.Li/c1-5-6(2)8(4)11-9(10)7(5)3;/h3H2,1-2,4H3;/q-1;+1. The average Bonchev–Trinajstić information content (AvgIpc) is 1.97. The van der Waals surface area contributed by atoms with Gasteiger partial charge >= 0.3 is 18.9 Å². The van der Waals surface area contributed by atoms with Gasteiger partial charge in [-0.3, -0.25) is 0 Å². The van der Waals surface area contributed by atoms with Gasteiger partial charge in [0.25, 0.3) is 0 Å². The van der Waals surface area contributed by atoms with Crippen molar-refractivity contribution in [2.75, 3.05) is 0 Å². The van der Waals surface area contributed by atoms with Crippen molar-refractivity contribution in [3.8, 4) is 0 Å². The molecule has 0 spiro atoms. The van der Waals surface area contributed by atoms with Crippen LogP contribution in [0.3, 0.4) is 0 Å². The van der Waals surface area contributed by atoms with Crippen LogP contribution in [0, 0.1) is 27.7 Å². The minimum Gasteiger partial charge on any atom is -0.306 e. The Hall–Kier alpha value is -0.0926. The van der Waals surface area contributed by atoms with Gasteiger partial charge in [0.1, 0.15) is 0 Å². The zero-order chi connectivity index (χ0) is 8.59. The summed E-state index contributed by atoms with van der Waals surface area (Å²) < 4.78 is 0. The Balaban J connectivity index is 0.00000121. The van der Waals surface area contributed by atoms with Crippen molar-refractivity contribution in [2.45, 2.75) is 20.8 Å². The van der Waals surface area contributed by atoms with Gasteiger partial charge in [0.15, 0.2) is 0 Å². The fourth-order valence-electron chi connectivity index (χ4n) is 0.951. The van der Waals surface area contributed by atoms with E-state index in [1.165, 1.54) is 5.56 Å². The topological polar surface area (TPSA) is 12.9 Å². The molecular formula is C9H11ClLiN. The normalized spacial score (nSPS) is 9.33. The SMILES string of the molecule is [CH2-]c1c(Cl)nc(C)c(C)c1C.[Li+]. The molecule has 0 saturated heterocycles. The van der Waals surface area contributed by atoms with Crippen molar-refractivity contribution in [1.82, 2.24) is 4.98 Å². The van der Waals surface area contributed by atoms with Crippen LogP contribution in [0.2, 0.25) is 5.15 Å². The Kier molecular flexibility index (Phi) is 4.20. The van der Waals surface area contributed by atoms with Gasteiger partial charge in [-0.05, 0) is 13.8 Å². The van der Waals surface area contributed by atoms with Gasteiger partial charge in [-0.2, -0.15) is 12.5 Å². The molecule has 0 atom stereocenters. The Bertz CT molecular complexity index is 271. The summed E-state index contributed by atoms with van der Waals surface area (Å²) in [6, 6.07) is 0. The van der Waals surface area contributed by atoms with E-state index >= 15 is 0 Å². The maximum atomic E-state index is 5.82. The van der Waals surface area contributed by atoms with Gasteiger partial charge in [0, 0.05) is 10.8 Å². The summed E-state index contributed by atoms with van der Waals surface area (Å²) >= 11 is 5.82. The summed E-state index contributed by atoms with van der Waals surface area (Å²) in [5, 5.41) is 0.519. The molecule has 0 aliphatic heterocycles. The molecule has 1 nitrogen and oxygen atoms in total. The van der Waals surface area contributed by atoms with E-state index in [9.17, 15) is 0 Å². The zero-order valence-corrected chi connectivity index (χ0v) is 8.79. The summed E-state index contributed by atoms with van der Waals surface area (Å²) in [7, 11) is 0.